The summed E-state index contributed by atoms with van der Waals surface area (Å²) in [6.07, 6.45) is 0.797. The monoisotopic (exact) mass is 156 g/mol. The van der Waals surface area contributed by atoms with E-state index in [1.54, 1.807) is 0 Å². The van der Waals surface area contributed by atoms with E-state index in [1.165, 1.54) is 0 Å². The summed E-state index contributed by atoms with van der Waals surface area (Å²) in [6, 6.07) is 2.00. The molecule has 2 N–H and O–H groups in total. The van der Waals surface area contributed by atoms with Crippen LogP contribution in [-0.2, 0) is 0 Å². The molecule has 0 rings (SSSR count). The maximum atomic E-state index is 8.57. The van der Waals surface area contributed by atoms with Crippen molar-refractivity contribution in [3.8, 4) is 6.07 Å². The minimum Gasteiger partial charge on any atom is -0.396 e. The van der Waals surface area contributed by atoms with Gasteiger partial charge in [-0.3, -0.25) is 0 Å². The molecule has 0 aromatic heterocycles. The predicted molar refractivity (Wildman–Crippen MR) is 43.9 cm³/mol. The van der Waals surface area contributed by atoms with E-state index in [2.05, 4.69) is 11.4 Å². The Kier molecular flexibility index (Phi) is 5.81. The summed E-state index contributed by atoms with van der Waals surface area (Å²) in [5, 5.41) is 20.0. The molecule has 0 aliphatic heterocycles. The number of nitrogens with zero attached hydrogens (tertiary/aromatic N) is 1. The Morgan fingerprint density at radius 1 is 1.55 bits per heavy atom. The van der Waals surface area contributed by atoms with Crippen molar-refractivity contribution in [2.24, 2.45) is 5.92 Å². The van der Waals surface area contributed by atoms with Gasteiger partial charge >= 0.3 is 0 Å². The van der Waals surface area contributed by atoms with Crippen molar-refractivity contribution in [1.29, 1.82) is 5.26 Å². The van der Waals surface area contributed by atoms with Gasteiger partial charge in [0.25, 0.3) is 0 Å². The molecule has 3 nitrogen and oxygen atoms in total. The standard InChI is InChI=1S/C8H16N2O/c1-7(3-4-11)6-10-8(2)5-9/h7-8,10-11H,3-4,6H2,1-2H3. The van der Waals surface area contributed by atoms with E-state index in [0.717, 1.165) is 13.0 Å². The first-order valence-corrected chi connectivity index (χ1v) is 3.94. The number of hydrogen-bond acceptors (Lipinski definition) is 3. The summed E-state index contributed by atoms with van der Waals surface area (Å²) >= 11 is 0. The van der Waals surface area contributed by atoms with Gasteiger partial charge in [0.05, 0.1) is 12.1 Å². The Hall–Kier alpha value is -0.590. The van der Waals surface area contributed by atoms with Crippen LogP contribution in [0.2, 0.25) is 0 Å². The molecule has 0 radical (unpaired) electrons. The fraction of sp³-hybridized carbons (Fsp3) is 0.875. The summed E-state index contributed by atoms with van der Waals surface area (Å²) in [4.78, 5) is 0. The summed E-state index contributed by atoms with van der Waals surface area (Å²) < 4.78 is 0. The molecule has 11 heavy (non-hydrogen) atoms. The lowest BCUT2D eigenvalue weighted by atomic mass is 10.1. The lowest BCUT2D eigenvalue weighted by Gasteiger charge is -2.11. The predicted octanol–water partition coefficient (Wildman–Crippen LogP) is 0.507. The van der Waals surface area contributed by atoms with E-state index in [0.29, 0.717) is 5.92 Å². The quantitative estimate of drug-likeness (QED) is 0.609. The van der Waals surface area contributed by atoms with E-state index in [-0.39, 0.29) is 12.6 Å². The molecule has 0 fully saturated rings. The van der Waals surface area contributed by atoms with Gasteiger partial charge in [-0.1, -0.05) is 6.92 Å². The molecule has 0 bridgehead atoms. The normalized spacial score (nSPS) is 15.5. The zero-order chi connectivity index (χ0) is 8.69. The molecule has 0 aromatic carbocycles. The van der Waals surface area contributed by atoms with E-state index in [9.17, 15) is 0 Å². The highest BCUT2D eigenvalue weighted by molar-refractivity contribution is 4.85. The largest absolute Gasteiger partial charge is 0.396 e. The summed E-state index contributed by atoms with van der Waals surface area (Å²) in [5.74, 6) is 0.441. The fourth-order valence-electron chi connectivity index (χ4n) is 0.746. The first-order chi connectivity index (χ1) is 5.20. The Bertz CT molecular complexity index is 131. The van der Waals surface area contributed by atoms with Crippen LogP contribution in [0.25, 0.3) is 0 Å². The number of aliphatic hydroxyl groups excluding tert-OH is 1. The smallest absolute Gasteiger partial charge is 0.0924 e. The van der Waals surface area contributed by atoms with Gasteiger partial charge in [-0.2, -0.15) is 5.26 Å². The van der Waals surface area contributed by atoms with Crippen molar-refractivity contribution in [3.05, 3.63) is 0 Å². The second-order valence-electron chi connectivity index (χ2n) is 2.88. The average molecular weight is 156 g/mol. The van der Waals surface area contributed by atoms with E-state index in [4.69, 9.17) is 10.4 Å². The summed E-state index contributed by atoms with van der Waals surface area (Å²) in [6.45, 7) is 4.90. The minimum absolute atomic E-state index is 0.0869. The molecular formula is C8H16N2O. The van der Waals surface area contributed by atoms with Crippen molar-refractivity contribution < 1.29 is 5.11 Å². The third kappa shape index (κ3) is 5.84. The van der Waals surface area contributed by atoms with Crippen LogP contribution >= 0.6 is 0 Å². The molecular weight excluding hydrogens is 140 g/mol. The minimum atomic E-state index is -0.0869. The SMILES string of the molecule is CC(CCO)CNC(C)C#N. The van der Waals surface area contributed by atoms with Crippen molar-refractivity contribution in [3.63, 3.8) is 0 Å². The Morgan fingerprint density at radius 2 is 2.18 bits per heavy atom. The first-order valence-electron chi connectivity index (χ1n) is 3.94. The van der Waals surface area contributed by atoms with Crippen LogP contribution in [0.3, 0.4) is 0 Å². The van der Waals surface area contributed by atoms with Crippen LogP contribution in [-0.4, -0.2) is 24.3 Å². The number of hydrogen-bond donors (Lipinski definition) is 2. The maximum Gasteiger partial charge on any atom is 0.0924 e. The van der Waals surface area contributed by atoms with Gasteiger partial charge in [0.15, 0.2) is 0 Å². The average Bonchev–Trinajstić information content (AvgIpc) is 2.01. The number of rotatable bonds is 5. The molecule has 0 spiro atoms. The van der Waals surface area contributed by atoms with Crippen LogP contribution in [0.15, 0.2) is 0 Å². The van der Waals surface area contributed by atoms with Crippen molar-refractivity contribution in [2.75, 3.05) is 13.2 Å². The summed E-state index contributed by atoms with van der Waals surface area (Å²) in [5.41, 5.74) is 0. The molecule has 2 unspecified atom stereocenters. The molecule has 3 heteroatoms. The van der Waals surface area contributed by atoms with Gasteiger partial charge in [0, 0.05) is 6.61 Å². The number of aliphatic hydroxyl groups is 1. The van der Waals surface area contributed by atoms with Gasteiger partial charge in [0.2, 0.25) is 0 Å². The third-order valence-electron chi connectivity index (χ3n) is 1.59. The van der Waals surface area contributed by atoms with Gasteiger partial charge in [-0.15, -0.1) is 0 Å². The molecule has 0 aromatic rings. The van der Waals surface area contributed by atoms with Gasteiger partial charge in [-0.25, -0.2) is 0 Å². The zero-order valence-corrected chi connectivity index (χ0v) is 7.17. The molecule has 0 aliphatic rings. The van der Waals surface area contributed by atoms with Gasteiger partial charge < -0.3 is 10.4 Å². The Balaban J connectivity index is 3.31. The molecule has 0 saturated heterocycles. The molecule has 2 atom stereocenters. The highest BCUT2D eigenvalue weighted by Crippen LogP contribution is 1.98. The van der Waals surface area contributed by atoms with Crippen molar-refractivity contribution in [2.45, 2.75) is 26.3 Å². The maximum absolute atomic E-state index is 8.57. The second kappa shape index (κ2) is 6.14. The van der Waals surface area contributed by atoms with E-state index >= 15 is 0 Å². The zero-order valence-electron chi connectivity index (χ0n) is 7.17. The Labute approximate surface area is 68.0 Å². The molecule has 64 valence electrons. The highest BCUT2D eigenvalue weighted by atomic mass is 16.3. The van der Waals surface area contributed by atoms with Gasteiger partial charge in [0.1, 0.15) is 0 Å². The Morgan fingerprint density at radius 3 is 2.64 bits per heavy atom. The first kappa shape index (κ1) is 10.4. The van der Waals surface area contributed by atoms with E-state index < -0.39 is 0 Å². The molecule has 0 heterocycles. The molecule has 0 amide bonds. The van der Waals surface area contributed by atoms with Crippen molar-refractivity contribution >= 4 is 0 Å². The van der Waals surface area contributed by atoms with Crippen LogP contribution < -0.4 is 5.32 Å². The number of nitriles is 1. The van der Waals surface area contributed by atoms with Crippen LogP contribution in [0.1, 0.15) is 20.3 Å². The van der Waals surface area contributed by atoms with Crippen LogP contribution in [0.5, 0.6) is 0 Å². The lowest BCUT2D eigenvalue weighted by molar-refractivity contribution is 0.259. The number of nitrogens with one attached hydrogen (secondary N) is 1. The van der Waals surface area contributed by atoms with Gasteiger partial charge in [-0.05, 0) is 25.8 Å². The lowest BCUT2D eigenvalue weighted by Crippen LogP contribution is -2.29. The molecule has 0 saturated carbocycles. The third-order valence-corrected chi connectivity index (χ3v) is 1.59. The molecule has 0 aliphatic carbocycles. The van der Waals surface area contributed by atoms with Crippen LogP contribution in [0, 0.1) is 17.2 Å². The van der Waals surface area contributed by atoms with E-state index in [1.807, 2.05) is 13.8 Å². The highest BCUT2D eigenvalue weighted by Gasteiger charge is 2.02. The fourth-order valence-corrected chi connectivity index (χ4v) is 0.746. The topological polar surface area (TPSA) is 56.0 Å². The van der Waals surface area contributed by atoms with Crippen molar-refractivity contribution in [1.82, 2.24) is 5.32 Å². The second-order valence-corrected chi connectivity index (χ2v) is 2.88. The van der Waals surface area contributed by atoms with Crippen LogP contribution in [0.4, 0.5) is 0 Å². The summed E-state index contributed by atoms with van der Waals surface area (Å²) in [7, 11) is 0.